The van der Waals surface area contributed by atoms with Crippen LogP contribution >= 0.6 is 35.0 Å². The molecule has 1 aliphatic carbocycles. The molecule has 1 saturated carbocycles. The van der Waals surface area contributed by atoms with E-state index in [-0.39, 0.29) is 30.2 Å². The van der Waals surface area contributed by atoms with Gasteiger partial charge in [-0.3, -0.25) is 9.59 Å². The molecule has 0 radical (unpaired) electrons. The van der Waals surface area contributed by atoms with Crippen LogP contribution in [0.4, 0.5) is 0 Å². The number of rotatable bonds is 9. The summed E-state index contributed by atoms with van der Waals surface area (Å²) in [6.07, 6.45) is 4.77. The van der Waals surface area contributed by atoms with Gasteiger partial charge in [-0.15, -0.1) is 11.8 Å². The van der Waals surface area contributed by atoms with Crippen LogP contribution in [0.25, 0.3) is 0 Å². The minimum atomic E-state index is -0.575. The molecule has 3 rings (SSSR count). The Balaban J connectivity index is 1.80. The fourth-order valence-corrected chi connectivity index (χ4v) is 5.30. The first kappa shape index (κ1) is 24.9. The lowest BCUT2D eigenvalue weighted by Gasteiger charge is -2.32. The third-order valence-corrected chi connectivity index (χ3v) is 7.57. The number of nitrogens with one attached hydrogen (secondary N) is 1. The van der Waals surface area contributed by atoms with Gasteiger partial charge >= 0.3 is 0 Å². The number of nitrogens with zero attached hydrogens (tertiary/aromatic N) is 1. The largest absolute Gasteiger partial charge is 0.352 e. The zero-order valence-electron chi connectivity index (χ0n) is 18.6. The van der Waals surface area contributed by atoms with Crippen LogP contribution in [0.3, 0.4) is 0 Å². The monoisotopic (exact) mass is 492 g/mol. The quantitative estimate of drug-likeness (QED) is 0.420. The van der Waals surface area contributed by atoms with E-state index < -0.39 is 6.04 Å². The van der Waals surface area contributed by atoms with Crippen molar-refractivity contribution in [2.24, 2.45) is 0 Å². The smallest absolute Gasteiger partial charge is 0.243 e. The molecule has 172 valence electrons. The lowest BCUT2D eigenvalue weighted by molar-refractivity contribution is -0.139. The van der Waals surface area contributed by atoms with Crippen LogP contribution in [-0.2, 0) is 16.1 Å². The molecule has 1 N–H and O–H groups in total. The van der Waals surface area contributed by atoms with Crippen LogP contribution in [0.5, 0.6) is 0 Å². The Labute approximate surface area is 205 Å². The number of aryl methyl sites for hydroxylation is 1. The second-order valence-corrected chi connectivity index (χ2v) is 10.1. The molecule has 1 unspecified atom stereocenters. The maximum Gasteiger partial charge on any atom is 0.243 e. The summed E-state index contributed by atoms with van der Waals surface area (Å²) < 4.78 is 0. The van der Waals surface area contributed by atoms with E-state index in [9.17, 15) is 9.59 Å². The number of hydrogen-bond acceptors (Lipinski definition) is 3. The van der Waals surface area contributed by atoms with Crippen molar-refractivity contribution in [2.45, 2.75) is 69.5 Å². The second kappa shape index (κ2) is 12.0. The topological polar surface area (TPSA) is 49.4 Å². The zero-order chi connectivity index (χ0) is 23.1. The van der Waals surface area contributed by atoms with E-state index in [2.05, 4.69) is 5.32 Å². The molecule has 0 heterocycles. The molecule has 4 nitrogen and oxygen atoms in total. The van der Waals surface area contributed by atoms with Crippen molar-refractivity contribution < 1.29 is 9.59 Å². The molecule has 0 aromatic heterocycles. The Morgan fingerprint density at radius 2 is 1.72 bits per heavy atom. The third kappa shape index (κ3) is 6.66. The van der Waals surface area contributed by atoms with Crippen molar-refractivity contribution >= 4 is 46.8 Å². The average molecular weight is 494 g/mol. The fraction of sp³-hybridized carbons (Fsp3) is 0.440. The number of halogens is 2. The van der Waals surface area contributed by atoms with Gasteiger partial charge in [0.25, 0.3) is 0 Å². The lowest BCUT2D eigenvalue weighted by Crippen LogP contribution is -2.51. The minimum Gasteiger partial charge on any atom is -0.352 e. The summed E-state index contributed by atoms with van der Waals surface area (Å²) in [4.78, 5) is 29.2. The molecule has 0 spiro atoms. The van der Waals surface area contributed by atoms with Gasteiger partial charge in [0.2, 0.25) is 11.8 Å². The SMILES string of the molecule is CCC(C(=O)NC1CCCC1)N(Cc1c(Cl)cccc1Cl)C(=O)CSc1ccc(C)cc1. The zero-order valence-corrected chi connectivity index (χ0v) is 20.9. The number of thioether (sulfide) groups is 1. The van der Waals surface area contributed by atoms with Gasteiger partial charge in [-0.1, -0.05) is 66.7 Å². The summed E-state index contributed by atoms with van der Waals surface area (Å²) in [5.41, 5.74) is 1.84. The van der Waals surface area contributed by atoms with Gasteiger partial charge in [-0.25, -0.2) is 0 Å². The molecule has 0 aliphatic heterocycles. The van der Waals surface area contributed by atoms with E-state index >= 15 is 0 Å². The van der Waals surface area contributed by atoms with Gasteiger partial charge in [0.1, 0.15) is 6.04 Å². The predicted molar refractivity (Wildman–Crippen MR) is 133 cm³/mol. The first-order valence-electron chi connectivity index (χ1n) is 11.1. The van der Waals surface area contributed by atoms with Crippen LogP contribution in [0.15, 0.2) is 47.4 Å². The number of amides is 2. The maximum absolute atomic E-state index is 13.4. The van der Waals surface area contributed by atoms with Crippen LogP contribution in [0, 0.1) is 6.92 Å². The van der Waals surface area contributed by atoms with Crippen LogP contribution in [-0.4, -0.2) is 34.6 Å². The molecule has 2 amide bonds. The van der Waals surface area contributed by atoms with Crippen molar-refractivity contribution in [3.8, 4) is 0 Å². The molecule has 0 bridgehead atoms. The minimum absolute atomic E-state index is 0.101. The Hall–Kier alpha value is -1.69. The van der Waals surface area contributed by atoms with E-state index in [1.165, 1.54) is 17.3 Å². The van der Waals surface area contributed by atoms with Gasteiger partial charge in [0.15, 0.2) is 0 Å². The molecule has 1 atom stereocenters. The van der Waals surface area contributed by atoms with Crippen molar-refractivity contribution in [3.63, 3.8) is 0 Å². The van der Waals surface area contributed by atoms with Crippen LogP contribution in [0.2, 0.25) is 10.0 Å². The number of hydrogen-bond donors (Lipinski definition) is 1. The summed E-state index contributed by atoms with van der Waals surface area (Å²) in [6.45, 7) is 4.16. The Kier molecular flexibility index (Phi) is 9.33. The van der Waals surface area contributed by atoms with Gasteiger partial charge in [0, 0.05) is 33.1 Å². The van der Waals surface area contributed by atoms with E-state index in [0.717, 1.165) is 30.6 Å². The first-order valence-corrected chi connectivity index (χ1v) is 12.9. The molecule has 2 aromatic rings. The Bertz CT molecular complexity index is 910. The predicted octanol–water partition coefficient (Wildman–Crippen LogP) is 6.26. The van der Waals surface area contributed by atoms with Crippen LogP contribution in [0.1, 0.15) is 50.2 Å². The van der Waals surface area contributed by atoms with Gasteiger partial charge in [-0.05, 0) is 50.5 Å². The molecule has 7 heteroatoms. The highest BCUT2D eigenvalue weighted by Crippen LogP contribution is 2.28. The van der Waals surface area contributed by atoms with E-state index in [1.54, 1.807) is 23.1 Å². The summed E-state index contributed by atoms with van der Waals surface area (Å²) in [5.74, 6) is 0.0227. The lowest BCUT2D eigenvalue weighted by atomic mass is 10.1. The Morgan fingerprint density at radius 3 is 2.31 bits per heavy atom. The number of carbonyl (C=O) groups excluding carboxylic acids is 2. The molecular weight excluding hydrogens is 463 g/mol. The molecule has 32 heavy (non-hydrogen) atoms. The van der Waals surface area contributed by atoms with Gasteiger partial charge in [0.05, 0.1) is 5.75 Å². The molecule has 0 saturated heterocycles. The van der Waals surface area contributed by atoms with Crippen LogP contribution < -0.4 is 5.32 Å². The molecule has 1 aliphatic rings. The summed E-state index contributed by atoms with van der Waals surface area (Å²) in [6, 6.07) is 13.0. The molecular formula is C25H30Cl2N2O2S. The first-order chi connectivity index (χ1) is 15.4. The average Bonchev–Trinajstić information content (AvgIpc) is 3.28. The fourth-order valence-electron chi connectivity index (χ4n) is 4.00. The van der Waals surface area contributed by atoms with Gasteiger partial charge in [-0.2, -0.15) is 0 Å². The summed E-state index contributed by atoms with van der Waals surface area (Å²) >= 11 is 14.3. The van der Waals surface area contributed by atoms with E-state index in [1.807, 2.05) is 38.1 Å². The van der Waals surface area contributed by atoms with E-state index in [4.69, 9.17) is 23.2 Å². The molecule has 2 aromatic carbocycles. The second-order valence-electron chi connectivity index (χ2n) is 8.24. The van der Waals surface area contributed by atoms with Crippen molar-refractivity contribution in [2.75, 3.05) is 5.75 Å². The highest BCUT2D eigenvalue weighted by molar-refractivity contribution is 8.00. The van der Waals surface area contributed by atoms with Crippen molar-refractivity contribution in [1.29, 1.82) is 0 Å². The normalized spacial score (nSPS) is 14.9. The van der Waals surface area contributed by atoms with Gasteiger partial charge < -0.3 is 10.2 Å². The number of benzene rings is 2. The Morgan fingerprint density at radius 1 is 1.09 bits per heavy atom. The highest BCUT2D eigenvalue weighted by atomic mass is 35.5. The summed E-state index contributed by atoms with van der Waals surface area (Å²) in [5, 5.41) is 4.14. The highest BCUT2D eigenvalue weighted by Gasteiger charge is 2.31. The third-order valence-electron chi connectivity index (χ3n) is 5.86. The standard InChI is InChI=1S/C25H30Cl2N2O2S/c1-3-23(25(31)28-18-7-4-5-8-18)29(15-20-21(26)9-6-10-22(20)27)24(30)16-32-19-13-11-17(2)12-14-19/h6,9-14,18,23H,3-5,7-8,15-16H2,1-2H3,(H,28,31). The molecule has 1 fully saturated rings. The maximum atomic E-state index is 13.4. The summed E-state index contributed by atoms with van der Waals surface area (Å²) in [7, 11) is 0. The van der Waals surface area contributed by atoms with E-state index in [0.29, 0.717) is 22.0 Å². The van der Waals surface area contributed by atoms with Crippen molar-refractivity contribution in [1.82, 2.24) is 10.2 Å². The van der Waals surface area contributed by atoms with Crippen molar-refractivity contribution in [3.05, 3.63) is 63.6 Å². The number of carbonyl (C=O) groups is 2.